The Labute approximate surface area is 94.2 Å². The number of rotatable bonds is 2. The van der Waals surface area contributed by atoms with Crippen LogP contribution < -0.4 is 5.43 Å². The van der Waals surface area contributed by atoms with Gasteiger partial charge >= 0.3 is 0 Å². The number of aromatic nitrogens is 1. The quantitative estimate of drug-likeness (QED) is 0.823. The van der Waals surface area contributed by atoms with Crippen molar-refractivity contribution in [2.24, 2.45) is 0 Å². The van der Waals surface area contributed by atoms with Crippen molar-refractivity contribution in [1.82, 2.24) is 9.29 Å². The second kappa shape index (κ2) is 4.39. The minimum absolute atomic E-state index is 0.156. The molecule has 2 heterocycles. The van der Waals surface area contributed by atoms with Crippen LogP contribution in [0.4, 0.5) is 0 Å². The molecule has 0 radical (unpaired) electrons. The van der Waals surface area contributed by atoms with Gasteiger partial charge < -0.3 is 4.98 Å². The molecule has 1 aliphatic rings. The molecule has 6 heteroatoms. The molecular weight excluding hydrogens is 228 g/mol. The fourth-order valence-electron chi connectivity index (χ4n) is 1.85. The van der Waals surface area contributed by atoms with Crippen LogP contribution in [0.15, 0.2) is 28.2 Å². The van der Waals surface area contributed by atoms with Crippen molar-refractivity contribution in [3.63, 3.8) is 0 Å². The molecule has 1 aromatic rings. The maximum absolute atomic E-state index is 12.1. The van der Waals surface area contributed by atoms with Crippen LogP contribution in [0.3, 0.4) is 0 Å². The molecule has 2 rings (SSSR count). The van der Waals surface area contributed by atoms with Crippen LogP contribution in [0, 0.1) is 0 Å². The minimum Gasteiger partial charge on any atom is -0.366 e. The van der Waals surface area contributed by atoms with E-state index in [1.165, 1.54) is 22.8 Å². The smallest absolute Gasteiger partial charge is 0.248 e. The normalized spacial score (nSPS) is 18.5. The molecule has 0 unspecified atom stereocenters. The highest BCUT2D eigenvalue weighted by Gasteiger charge is 2.27. The molecule has 1 saturated heterocycles. The number of sulfonamides is 1. The van der Waals surface area contributed by atoms with Gasteiger partial charge in [-0.3, -0.25) is 4.79 Å². The predicted octanol–water partition coefficient (Wildman–Crippen LogP) is 0.549. The van der Waals surface area contributed by atoms with Crippen LogP contribution in [0.1, 0.15) is 19.3 Å². The van der Waals surface area contributed by atoms with Gasteiger partial charge in [0, 0.05) is 31.5 Å². The largest absolute Gasteiger partial charge is 0.366 e. The number of piperidine rings is 1. The first-order valence-electron chi connectivity index (χ1n) is 5.29. The zero-order valence-electron chi connectivity index (χ0n) is 8.85. The molecule has 0 saturated carbocycles. The fourth-order valence-corrected chi connectivity index (χ4v) is 3.40. The molecular formula is C10H14N2O3S. The topological polar surface area (TPSA) is 70.2 Å². The van der Waals surface area contributed by atoms with Crippen molar-refractivity contribution in [2.75, 3.05) is 13.1 Å². The average molecular weight is 242 g/mol. The lowest BCUT2D eigenvalue weighted by atomic mass is 10.2. The van der Waals surface area contributed by atoms with Crippen LogP contribution in [-0.2, 0) is 10.0 Å². The number of H-pyrrole nitrogens is 1. The van der Waals surface area contributed by atoms with Crippen molar-refractivity contribution in [3.05, 3.63) is 28.7 Å². The third-order valence-corrected chi connectivity index (χ3v) is 4.64. The van der Waals surface area contributed by atoms with E-state index in [1.54, 1.807) is 0 Å². The lowest BCUT2D eigenvalue weighted by Crippen LogP contribution is -2.37. The highest BCUT2D eigenvalue weighted by molar-refractivity contribution is 7.89. The summed E-state index contributed by atoms with van der Waals surface area (Å²) in [7, 11) is -3.60. The Morgan fingerprint density at radius 3 is 2.50 bits per heavy atom. The molecule has 16 heavy (non-hydrogen) atoms. The molecule has 0 amide bonds. The number of hydrogen-bond acceptors (Lipinski definition) is 3. The van der Waals surface area contributed by atoms with Gasteiger partial charge in [-0.25, -0.2) is 8.42 Å². The van der Waals surface area contributed by atoms with E-state index in [1.807, 2.05) is 0 Å². The lowest BCUT2D eigenvalue weighted by molar-refractivity contribution is 0.346. The molecule has 88 valence electrons. The Morgan fingerprint density at radius 2 is 1.88 bits per heavy atom. The molecule has 1 aliphatic heterocycles. The summed E-state index contributed by atoms with van der Waals surface area (Å²) in [5.74, 6) is 0. The van der Waals surface area contributed by atoms with Gasteiger partial charge in [-0.2, -0.15) is 4.31 Å². The second-order valence-electron chi connectivity index (χ2n) is 3.84. The molecule has 5 nitrogen and oxygen atoms in total. The summed E-state index contributed by atoms with van der Waals surface area (Å²) in [6, 6.07) is 1.23. The molecule has 1 fully saturated rings. The van der Waals surface area contributed by atoms with Gasteiger partial charge in [-0.15, -0.1) is 0 Å². The van der Waals surface area contributed by atoms with Gasteiger partial charge in [0.25, 0.3) is 0 Å². The summed E-state index contributed by atoms with van der Waals surface area (Å²) in [5.41, 5.74) is -0.454. The molecule has 0 bridgehead atoms. The van der Waals surface area contributed by atoms with Crippen molar-refractivity contribution in [3.8, 4) is 0 Å². The second-order valence-corrected chi connectivity index (χ2v) is 5.74. The van der Waals surface area contributed by atoms with Crippen LogP contribution in [-0.4, -0.2) is 30.8 Å². The highest BCUT2D eigenvalue weighted by atomic mass is 32.2. The standard InChI is InChI=1S/C10H14N2O3S/c13-9-4-5-11-8-10(9)16(14,15)12-6-2-1-3-7-12/h4-5,8H,1-3,6-7H2,(H,11,13). The third kappa shape index (κ3) is 2.03. The number of aromatic amines is 1. The third-order valence-electron chi connectivity index (χ3n) is 2.72. The summed E-state index contributed by atoms with van der Waals surface area (Å²) < 4.78 is 25.6. The van der Waals surface area contributed by atoms with Gasteiger partial charge in [0.15, 0.2) is 0 Å². The summed E-state index contributed by atoms with van der Waals surface area (Å²) >= 11 is 0. The minimum atomic E-state index is -3.60. The summed E-state index contributed by atoms with van der Waals surface area (Å²) in [6.45, 7) is 1.02. The van der Waals surface area contributed by atoms with E-state index in [0.29, 0.717) is 13.1 Å². The van der Waals surface area contributed by atoms with E-state index in [-0.39, 0.29) is 4.90 Å². The Morgan fingerprint density at radius 1 is 1.19 bits per heavy atom. The van der Waals surface area contributed by atoms with E-state index in [0.717, 1.165) is 19.3 Å². The Bertz CT molecular complexity index is 515. The Kier molecular flexibility index (Phi) is 3.11. The Balaban J connectivity index is 2.39. The van der Waals surface area contributed by atoms with Crippen LogP contribution >= 0.6 is 0 Å². The van der Waals surface area contributed by atoms with E-state index < -0.39 is 15.5 Å². The predicted molar refractivity (Wildman–Crippen MR) is 59.7 cm³/mol. The monoisotopic (exact) mass is 242 g/mol. The van der Waals surface area contributed by atoms with Crippen LogP contribution in [0.25, 0.3) is 0 Å². The van der Waals surface area contributed by atoms with E-state index >= 15 is 0 Å². The van der Waals surface area contributed by atoms with Crippen LogP contribution in [0.2, 0.25) is 0 Å². The zero-order valence-corrected chi connectivity index (χ0v) is 9.66. The van der Waals surface area contributed by atoms with Gasteiger partial charge in [-0.05, 0) is 12.8 Å². The fraction of sp³-hybridized carbons (Fsp3) is 0.500. The van der Waals surface area contributed by atoms with Gasteiger partial charge in [-0.1, -0.05) is 6.42 Å². The summed E-state index contributed by atoms with van der Waals surface area (Å²) in [6.07, 6.45) is 5.47. The van der Waals surface area contributed by atoms with Crippen molar-refractivity contribution in [1.29, 1.82) is 0 Å². The number of nitrogens with one attached hydrogen (secondary N) is 1. The molecule has 0 spiro atoms. The highest BCUT2D eigenvalue weighted by Crippen LogP contribution is 2.17. The van der Waals surface area contributed by atoms with Gasteiger partial charge in [0.05, 0.1) is 0 Å². The van der Waals surface area contributed by atoms with E-state index in [2.05, 4.69) is 4.98 Å². The molecule has 1 N–H and O–H groups in total. The molecule has 1 aromatic heterocycles. The number of pyridine rings is 1. The van der Waals surface area contributed by atoms with Crippen molar-refractivity contribution < 1.29 is 8.42 Å². The van der Waals surface area contributed by atoms with Crippen molar-refractivity contribution in [2.45, 2.75) is 24.2 Å². The average Bonchev–Trinajstić information content (AvgIpc) is 2.30. The SMILES string of the molecule is O=c1cc[nH]cc1S(=O)(=O)N1CCCCC1. The number of hydrogen-bond donors (Lipinski definition) is 1. The Hall–Kier alpha value is -1.14. The van der Waals surface area contributed by atoms with Crippen molar-refractivity contribution >= 4 is 10.0 Å². The molecule has 0 aliphatic carbocycles. The van der Waals surface area contributed by atoms with Gasteiger partial charge in [0.1, 0.15) is 4.90 Å². The van der Waals surface area contributed by atoms with E-state index in [4.69, 9.17) is 0 Å². The maximum atomic E-state index is 12.1. The van der Waals surface area contributed by atoms with Crippen LogP contribution in [0.5, 0.6) is 0 Å². The molecule has 0 atom stereocenters. The van der Waals surface area contributed by atoms with Gasteiger partial charge in [0.2, 0.25) is 15.5 Å². The first-order valence-corrected chi connectivity index (χ1v) is 6.73. The first kappa shape index (κ1) is 11.3. The molecule has 0 aromatic carbocycles. The number of nitrogens with zero attached hydrogens (tertiary/aromatic N) is 1. The lowest BCUT2D eigenvalue weighted by Gasteiger charge is -2.25. The van der Waals surface area contributed by atoms with E-state index in [9.17, 15) is 13.2 Å². The first-order chi connectivity index (χ1) is 7.62. The summed E-state index contributed by atoms with van der Waals surface area (Å²) in [5, 5.41) is 0. The maximum Gasteiger partial charge on any atom is 0.248 e. The summed E-state index contributed by atoms with van der Waals surface area (Å²) in [4.78, 5) is 14.0. The zero-order chi connectivity index (χ0) is 11.6.